The number of nitrogens with one attached hydrogen (secondary N) is 1. The molecule has 0 fully saturated rings. The van der Waals surface area contributed by atoms with Gasteiger partial charge in [0.05, 0.1) is 13.0 Å². The van der Waals surface area contributed by atoms with Crippen LogP contribution in [0, 0.1) is 11.8 Å². The monoisotopic (exact) mass is 458 g/mol. The summed E-state index contributed by atoms with van der Waals surface area (Å²) in [6.45, 7) is 4.07. The number of methoxy groups -OCH3 is 1. The molecule has 1 aromatic heterocycles. The summed E-state index contributed by atoms with van der Waals surface area (Å²) in [5, 5.41) is 11.7. The lowest BCUT2D eigenvalue weighted by Gasteiger charge is -2.20. The number of aliphatic hydroxyl groups is 1. The van der Waals surface area contributed by atoms with E-state index in [2.05, 4.69) is 20.3 Å². The molecule has 1 aliphatic rings. The van der Waals surface area contributed by atoms with E-state index in [0.717, 1.165) is 12.0 Å². The number of hydrogen-bond donors (Lipinski definition) is 2. The van der Waals surface area contributed by atoms with Crippen LogP contribution in [-0.4, -0.2) is 60.8 Å². The second-order valence-corrected chi connectivity index (χ2v) is 7.97. The Hall–Kier alpha value is -3.07. The molecule has 33 heavy (non-hydrogen) atoms. The quantitative estimate of drug-likeness (QED) is 0.316. The molecule has 1 amide bonds. The molecule has 2 unspecified atom stereocenters. The van der Waals surface area contributed by atoms with Gasteiger partial charge in [0, 0.05) is 57.3 Å². The number of aliphatic hydroxyl groups excluding tert-OH is 1. The summed E-state index contributed by atoms with van der Waals surface area (Å²) >= 11 is 0. The summed E-state index contributed by atoms with van der Waals surface area (Å²) in [5.41, 5.74) is 0.970. The summed E-state index contributed by atoms with van der Waals surface area (Å²) < 4.78 is 11.2. The number of aromatic nitrogens is 1. The van der Waals surface area contributed by atoms with E-state index in [4.69, 9.17) is 14.6 Å². The normalized spacial score (nSPS) is 16.6. The minimum Gasteiger partial charge on any atom is -0.481 e. The van der Waals surface area contributed by atoms with Crippen molar-refractivity contribution in [3.05, 3.63) is 35.7 Å². The molecule has 2 atom stereocenters. The molecule has 0 aromatic carbocycles. The van der Waals surface area contributed by atoms with Gasteiger partial charge in [0.25, 0.3) is 0 Å². The van der Waals surface area contributed by atoms with Gasteiger partial charge in [-0.05, 0) is 31.7 Å². The van der Waals surface area contributed by atoms with Crippen molar-refractivity contribution in [2.24, 2.45) is 21.8 Å². The lowest BCUT2D eigenvalue weighted by molar-refractivity contribution is -0.122. The third kappa shape index (κ3) is 8.42. The minimum absolute atomic E-state index is 0.00505. The van der Waals surface area contributed by atoms with E-state index < -0.39 is 5.92 Å². The lowest BCUT2D eigenvalue weighted by atomic mass is 10.0. The van der Waals surface area contributed by atoms with Crippen LogP contribution in [0.15, 0.2) is 40.1 Å². The number of carbonyl (C=O) groups excluding carboxylic acids is 2. The number of nitrogens with zero attached hydrogens (tertiary/aromatic N) is 3. The zero-order valence-corrected chi connectivity index (χ0v) is 19.8. The van der Waals surface area contributed by atoms with Gasteiger partial charge < -0.3 is 19.9 Å². The molecule has 0 bridgehead atoms. The van der Waals surface area contributed by atoms with E-state index in [0.29, 0.717) is 55.6 Å². The lowest BCUT2D eigenvalue weighted by Crippen LogP contribution is -2.35. The van der Waals surface area contributed by atoms with Crippen molar-refractivity contribution in [1.29, 1.82) is 0 Å². The first-order chi connectivity index (χ1) is 15.9. The molecular formula is C24H34N4O5. The van der Waals surface area contributed by atoms with Gasteiger partial charge >= 0.3 is 0 Å². The van der Waals surface area contributed by atoms with Gasteiger partial charge in [-0.2, -0.15) is 0 Å². The summed E-state index contributed by atoms with van der Waals surface area (Å²) in [5.74, 6) is 0.846. The summed E-state index contributed by atoms with van der Waals surface area (Å²) in [6.07, 6.45) is 6.22. The number of hydrogen-bond acceptors (Lipinski definition) is 7. The Kier molecular flexibility index (Phi) is 10.7. The van der Waals surface area contributed by atoms with Gasteiger partial charge in [-0.15, -0.1) is 0 Å². The largest absolute Gasteiger partial charge is 0.481 e. The van der Waals surface area contributed by atoms with Crippen molar-refractivity contribution in [3.63, 3.8) is 0 Å². The number of pyridine rings is 1. The highest BCUT2D eigenvalue weighted by molar-refractivity contribution is 6.07. The molecule has 2 rings (SSSR count). The van der Waals surface area contributed by atoms with Crippen LogP contribution < -0.4 is 10.1 Å². The average Bonchev–Trinajstić information content (AvgIpc) is 2.81. The Bertz CT molecular complexity index is 893. The number of carbonyl (C=O) groups is 2. The average molecular weight is 459 g/mol. The van der Waals surface area contributed by atoms with Gasteiger partial charge in [-0.3, -0.25) is 14.6 Å². The number of amides is 1. The molecule has 9 heteroatoms. The van der Waals surface area contributed by atoms with Crippen LogP contribution in [0.25, 0.3) is 0 Å². The third-order valence-corrected chi connectivity index (χ3v) is 5.24. The first-order valence-corrected chi connectivity index (χ1v) is 11.2. The van der Waals surface area contributed by atoms with Crippen LogP contribution in [0.2, 0.25) is 0 Å². The Balaban J connectivity index is 2.26. The number of amidine groups is 1. The van der Waals surface area contributed by atoms with E-state index in [1.165, 1.54) is 6.08 Å². The maximum atomic E-state index is 12.5. The van der Waals surface area contributed by atoms with Gasteiger partial charge in [0.1, 0.15) is 11.6 Å². The Morgan fingerprint density at radius 3 is 2.70 bits per heavy atom. The van der Waals surface area contributed by atoms with Crippen molar-refractivity contribution < 1.29 is 24.2 Å². The topological polar surface area (TPSA) is 122 Å². The zero-order valence-electron chi connectivity index (χ0n) is 19.8. The molecule has 0 radical (unpaired) electrons. The number of aliphatic imine (C=N–C) groups is 2. The summed E-state index contributed by atoms with van der Waals surface area (Å²) in [7, 11) is 3.14. The fourth-order valence-corrected chi connectivity index (χ4v) is 3.32. The fraction of sp³-hybridized carbons (Fsp3) is 0.542. The van der Waals surface area contributed by atoms with Crippen LogP contribution in [-0.2, 0) is 20.7 Å². The van der Waals surface area contributed by atoms with Crippen LogP contribution in [0.4, 0.5) is 0 Å². The Morgan fingerprint density at radius 1 is 1.30 bits per heavy atom. The summed E-state index contributed by atoms with van der Waals surface area (Å²) in [4.78, 5) is 37.5. The fourth-order valence-electron chi connectivity index (χ4n) is 3.32. The Labute approximate surface area is 195 Å². The van der Waals surface area contributed by atoms with Crippen molar-refractivity contribution >= 4 is 23.4 Å². The highest BCUT2D eigenvalue weighted by Crippen LogP contribution is 2.21. The summed E-state index contributed by atoms with van der Waals surface area (Å²) in [6, 6.07) is 3.72. The van der Waals surface area contributed by atoms with Gasteiger partial charge in [-0.1, -0.05) is 13.0 Å². The van der Waals surface area contributed by atoms with Crippen molar-refractivity contribution in [3.8, 4) is 5.88 Å². The number of ketones is 1. The highest BCUT2D eigenvalue weighted by Gasteiger charge is 2.23. The van der Waals surface area contributed by atoms with Gasteiger partial charge in [0.2, 0.25) is 11.8 Å². The number of ether oxygens (including phenoxy) is 2. The highest BCUT2D eigenvalue weighted by atomic mass is 16.5. The molecule has 1 aliphatic carbocycles. The van der Waals surface area contributed by atoms with Crippen LogP contribution in [0.1, 0.15) is 45.1 Å². The van der Waals surface area contributed by atoms with E-state index >= 15 is 0 Å². The van der Waals surface area contributed by atoms with Crippen molar-refractivity contribution in [2.75, 3.05) is 27.3 Å². The second kappa shape index (κ2) is 13.5. The maximum Gasteiger partial charge on any atom is 0.230 e. The standard InChI is InChI=1S/C24H34N4O5/c1-16(13-18-9-10-21(32-4)27-15-18)24(33-20-8-5-7-19(30)14-20)28-22(25-3)17(2)23(31)26-11-6-12-29/h9-10,14-17,29H,5-8,11-13H2,1-4H3,(H,26,31). The number of rotatable bonds is 10. The van der Waals surface area contributed by atoms with E-state index in [9.17, 15) is 9.59 Å². The molecule has 0 spiro atoms. The van der Waals surface area contributed by atoms with E-state index in [1.54, 1.807) is 33.3 Å². The smallest absolute Gasteiger partial charge is 0.230 e. The predicted molar refractivity (Wildman–Crippen MR) is 126 cm³/mol. The molecule has 1 heterocycles. The number of allylic oxidation sites excluding steroid dienone is 2. The molecule has 0 aliphatic heterocycles. The second-order valence-electron chi connectivity index (χ2n) is 7.97. The van der Waals surface area contributed by atoms with Crippen molar-refractivity contribution in [2.45, 2.75) is 46.0 Å². The van der Waals surface area contributed by atoms with Gasteiger partial charge in [0.15, 0.2) is 11.7 Å². The SMILES string of the molecule is CN=C(N=C(OC1=CC(=O)CCC1)C(C)Cc1ccc(OC)nc1)C(C)C(=O)NCCCO. The molecule has 0 saturated carbocycles. The maximum absolute atomic E-state index is 12.5. The Morgan fingerprint density at radius 2 is 2.09 bits per heavy atom. The molecule has 2 N–H and O–H groups in total. The van der Waals surface area contributed by atoms with Gasteiger partial charge in [-0.25, -0.2) is 9.98 Å². The predicted octanol–water partition coefficient (Wildman–Crippen LogP) is 2.48. The van der Waals surface area contributed by atoms with Crippen molar-refractivity contribution in [1.82, 2.24) is 10.3 Å². The molecule has 1 aromatic rings. The minimum atomic E-state index is -0.607. The third-order valence-electron chi connectivity index (χ3n) is 5.24. The van der Waals surface area contributed by atoms with E-state index in [1.807, 2.05) is 13.0 Å². The van der Waals surface area contributed by atoms with Crippen LogP contribution >= 0.6 is 0 Å². The van der Waals surface area contributed by atoms with Crippen LogP contribution in [0.3, 0.4) is 0 Å². The molecule has 9 nitrogen and oxygen atoms in total. The zero-order chi connectivity index (χ0) is 24.2. The first-order valence-electron chi connectivity index (χ1n) is 11.2. The first kappa shape index (κ1) is 26.2. The molecule has 180 valence electrons. The van der Waals surface area contributed by atoms with Crippen LogP contribution in [0.5, 0.6) is 5.88 Å². The molecular weight excluding hydrogens is 424 g/mol. The molecule has 0 saturated heterocycles. The van der Waals surface area contributed by atoms with E-state index in [-0.39, 0.29) is 24.2 Å².